The first-order valence-corrected chi connectivity index (χ1v) is 6.08. The molecule has 0 radical (unpaired) electrons. The van der Waals surface area contributed by atoms with Gasteiger partial charge in [0.15, 0.2) is 0 Å². The Morgan fingerprint density at radius 3 is 2.65 bits per heavy atom. The summed E-state index contributed by atoms with van der Waals surface area (Å²) in [6.45, 7) is 3.80. The minimum atomic E-state index is -0.215. The number of carbonyl (C=O) groups excluding carboxylic acids is 1. The molecule has 1 rings (SSSR count). The third kappa shape index (κ3) is 5.35. The van der Waals surface area contributed by atoms with Crippen molar-refractivity contribution in [1.29, 1.82) is 0 Å². The van der Waals surface area contributed by atoms with E-state index in [0.717, 1.165) is 6.42 Å². The van der Waals surface area contributed by atoms with Crippen molar-refractivity contribution in [3.63, 3.8) is 0 Å². The maximum Gasteiger partial charge on any atom is 0.251 e. The van der Waals surface area contributed by atoms with Gasteiger partial charge in [0.1, 0.15) is 10.3 Å². The average Bonchev–Trinajstić information content (AvgIpc) is 2.27. The van der Waals surface area contributed by atoms with Crippen molar-refractivity contribution < 1.29 is 9.53 Å². The standard InChI is InChI=1S/C11H14Cl2N2O2/c1-2-17-5-3-4-14-11(16)8-6-9(12)15-10(13)7-8/h6-7H,2-5H2,1H3,(H,14,16). The molecule has 1 aromatic heterocycles. The van der Waals surface area contributed by atoms with Crippen LogP contribution in [0.3, 0.4) is 0 Å². The smallest absolute Gasteiger partial charge is 0.251 e. The van der Waals surface area contributed by atoms with E-state index in [1.165, 1.54) is 12.1 Å². The normalized spacial score (nSPS) is 10.3. The Morgan fingerprint density at radius 1 is 1.41 bits per heavy atom. The Bertz CT molecular complexity index is 365. The van der Waals surface area contributed by atoms with Gasteiger partial charge < -0.3 is 10.1 Å². The first-order chi connectivity index (χ1) is 8.13. The molecule has 0 spiro atoms. The summed E-state index contributed by atoms with van der Waals surface area (Å²) < 4.78 is 5.16. The van der Waals surface area contributed by atoms with Gasteiger partial charge in [0.2, 0.25) is 0 Å². The van der Waals surface area contributed by atoms with Crippen LogP contribution in [0, 0.1) is 0 Å². The van der Waals surface area contributed by atoms with Crippen molar-refractivity contribution >= 4 is 29.1 Å². The maximum absolute atomic E-state index is 11.7. The summed E-state index contributed by atoms with van der Waals surface area (Å²) >= 11 is 11.4. The molecule has 0 aliphatic heterocycles. The van der Waals surface area contributed by atoms with Crippen LogP contribution in [-0.2, 0) is 4.74 Å². The Labute approximate surface area is 110 Å². The van der Waals surface area contributed by atoms with Gasteiger partial charge in [-0.05, 0) is 25.5 Å². The molecule has 0 atom stereocenters. The van der Waals surface area contributed by atoms with Crippen LogP contribution in [0.4, 0.5) is 0 Å². The number of aromatic nitrogens is 1. The number of rotatable bonds is 6. The summed E-state index contributed by atoms with van der Waals surface area (Å²) in [5, 5.41) is 3.16. The maximum atomic E-state index is 11.7. The summed E-state index contributed by atoms with van der Waals surface area (Å²) in [5.74, 6) is -0.215. The zero-order valence-electron chi connectivity index (χ0n) is 9.50. The van der Waals surface area contributed by atoms with Gasteiger partial charge >= 0.3 is 0 Å². The second-order valence-corrected chi connectivity index (χ2v) is 4.08. The van der Waals surface area contributed by atoms with Crippen LogP contribution >= 0.6 is 23.2 Å². The predicted octanol–water partition coefficient (Wildman–Crippen LogP) is 2.54. The number of halogens is 2. The monoisotopic (exact) mass is 276 g/mol. The number of ether oxygens (including phenoxy) is 1. The lowest BCUT2D eigenvalue weighted by molar-refractivity contribution is 0.0944. The highest BCUT2D eigenvalue weighted by molar-refractivity contribution is 6.33. The van der Waals surface area contributed by atoms with E-state index >= 15 is 0 Å². The Balaban J connectivity index is 2.41. The molecule has 1 aromatic rings. The van der Waals surface area contributed by atoms with Gasteiger partial charge in [-0.1, -0.05) is 23.2 Å². The molecule has 0 saturated carbocycles. The van der Waals surface area contributed by atoms with E-state index in [-0.39, 0.29) is 16.2 Å². The van der Waals surface area contributed by atoms with Crippen molar-refractivity contribution in [2.45, 2.75) is 13.3 Å². The minimum Gasteiger partial charge on any atom is -0.382 e. The number of hydrogen-bond acceptors (Lipinski definition) is 3. The third-order valence-corrected chi connectivity index (χ3v) is 2.37. The number of nitrogens with one attached hydrogen (secondary N) is 1. The number of carbonyl (C=O) groups is 1. The second kappa shape index (κ2) is 7.48. The summed E-state index contributed by atoms with van der Waals surface area (Å²) in [5.41, 5.74) is 0.409. The quantitative estimate of drug-likeness (QED) is 0.642. The van der Waals surface area contributed by atoms with E-state index in [9.17, 15) is 4.79 Å². The van der Waals surface area contributed by atoms with Crippen LogP contribution in [0.25, 0.3) is 0 Å². The Morgan fingerprint density at radius 2 is 2.06 bits per heavy atom. The molecule has 4 nitrogen and oxygen atoms in total. The van der Waals surface area contributed by atoms with Gasteiger partial charge in [0.05, 0.1) is 0 Å². The zero-order valence-corrected chi connectivity index (χ0v) is 11.0. The zero-order chi connectivity index (χ0) is 12.7. The molecule has 0 saturated heterocycles. The van der Waals surface area contributed by atoms with Crippen LogP contribution in [0.1, 0.15) is 23.7 Å². The van der Waals surface area contributed by atoms with Crippen LogP contribution in [-0.4, -0.2) is 30.6 Å². The van der Waals surface area contributed by atoms with Crippen LogP contribution in [0.2, 0.25) is 10.3 Å². The first-order valence-electron chi connectivity index (χ1n) is 5.32. The lowest BCUT2D eigenvalue weighted by atomic mass is 10.2. The van der Waals surface area contributed by atoms with Crippen LogP contribution in [0.5, 0.6) is 0 Å². The van der Waals surface area contributed by atoms with Gasteiger partial charge in [-0.2, -0.15) is 0 Å². The Kier molecular flexibility index (Phi) is 6.26. The number of nitrogens with zero attached hydrogens (tertiary/aromatic N) is 1. The molecular formula is C11H14Cl2N2O2. The van der Waals surface area contributed by atoms with Gasteiger partial charge in [0.25, 0.3) is 5.91 Å². The molecule has 0 aromatic carbocycles. The van der Waals surface area contributed by atoms with Crippen LogP contribution in [0.15, 0.2) is 12.1 Å². The van der Waals surface area contributed by atoms with Gasteiger partial charge in [-0.3, -0.25) is 4.79 Å². The van der Waals surface area contributed by atoms with Gasteiger partial charge in [-0.15, -0.1) is 0 Å². The average molecular weight is 277 g/mol. The molecular weight excluding hydrogens is 263 g/mol. The van der Waals surface area contributed by atoms with E-state index in [2.05, 4.69) is 10.3 Å². The van der Waals surface area contributed by atoms with E-state index in [0.29, 0.717) is 25.3 Å². The van der Waals surface area contributed by atoms with Crippen molar-refractivity contribution in [2.75, 3.05) is 19.8 Å². The predicted molar refractivity (Wildman–Crippen MR) is 67.7 cm³/mol. The molecule has 1 amide bonds. The van der Waals surface area contributed by atoms with Crippen molar-refractivity contribution in [3.05, 3.63) is 28.0 Å². The molecule has 0 bridgehead atoms. The number of amides is 1. The fourth-order valence-corrected chi connectivity index (χ4v) is 1.68. The summed E-state index contributed by atoms with van der Waals surface area (Å²) in [7, 11) is 0. The Hall–Kier alpha value is -0.840. The SMILES string of the molecule is CCOCCCNC(=O)c1cc(Cl)nc(Cl)c1. The fraction of sp³-hybridized carbons (Fsp3) is 0.455. The molecule has 1 N–H and O–H groups in total. The van der Waals surface area contributed by atoms with E-state index in [1.54, 1.807) is 0 Å². The third-order valence-electron chi connectivity index (χ3n) is 1.98. The highest BCUT2D eigenvalue weighted by Gasteiger charge is 2.07. The van der Waals surface area contributed by atoms with Gasteiger partial charge in [-0.25, -0.2) is 4.98 Å². The number of hydrogen-bond donors (Lipinski definition) is 1. The number of pyridine rings is 1. The van der Waals surface area contributed by atoms with Crippen molar-refractivity contribution in [2.24, 2.45) is 0 Å². The second-order valence-electron chi connectivity index (χ2n) is 3.31. The molecule has 6 heteroatoms. The van der Waals surface area contributed by atoms with Crippen LogP contribution < -0.4 is 5.32 Å². The van der Waals surface area contributed by atoms with Crippen molar-refractivity contribution in [1.82, 2.24) is 10.3 Å². The van der Waals surface area contributed by atoms with E-state index in [1.807, 2.05) is 6.92 Å². The molecule has 94 valence electrons. The summed E-state index contributed by atoms with van der Waals surface area (Å²) in [4.78, 5) is 15.5. The lowest BCUT2D eigenvalue weighted by Crippen LogP contribution is -2.25. The molecule has 0 unspecified atom stereocenters. The van der Waals surface area contributed by atoms with Crippen molar-refractivity contribution in [3.8, 4) is 0 Å². The molecule has 1 heterocycles. The van der Waals surface area contributed by atoms with E-state index < -0.39 is 0 Å². The fourth-order valence-electron chi connectivity index (χ4n) is 1.22. The highest BCUT2D eigenvalue weighted by Crippen LogP contribution is 2.14. The topological polar surface area (TPSA) is 51.2 Å². The van der Waals surface area contributed by atoms with E-state index in [4.69, 9.17) is 27.9 Å². The molecule has 17 heavy (non-hydrogen) atoms. The summed E-state index contributed by atoms with van der Waals surface area (Å²) in [6, 6.07) is 2.95. The lowest BCUT2D eigenvalue weighted by Gasteiger charge is -2.05. The molecule has 0 fully saturated rings. The molecule has 0 aliphatic rings. The van der Waals surface area contributed by atoms with Gasteiger partial charge in [0, 0.05) is 25.3 Å². The largest absolute Gasteiger partial charge is 0.382 e. The highest BCUT2D eigenvalue weighted by atomic mass is 35.5. The molecule has 0 aliphatic carbocycles. The first kappa shape index (κ1) is 14.2. The minimum absolute atomic E-state index is 0.206. The summed E-state index contributed by atoms with van der Waals surface area (Å²) in [6.07, 6.45) is 0.770.